The Kier molecular flexibility index (Phi) is 4.15. The van der Waals surface area contributed by atoms with Crippen molar-refractivity contribution in [2.45, 2.75) is 6.18 Å². The van der Waals surface area contributed by atoms with E-state index in [1.165, 1.54) is 28.9 Å². The molecule has 0 saturated heterocycles. The maximum absolute atomic E-state index is 13.3. The fourth-order valence-corrected chi connectivity index (χ4v) is 3.04. The second-order valence-electron chi connectivity index (χ2n) is 6.30. The predicted molar refractivity (Wildman–Crippen MR) is 100 cm³/mol. The van der Waals surface area contributed by atoms with Crippen LogP contribution < -0.4 is 5.73 Å². The number of nitrogens with zero attached hydrogens (tertiary/aromatic N) is 2. The molecule has 0 bridgehead atoms. The standard InChI is InChI=1S/C21H14F3N3O/c22-21(23,24)19-12-18(16-6-5-13-3-1-2-4-15(13)11-16)27(26-19)17-9-7-14(8-10-17)20(25)28/h1-12H,(H2,25,28). The van der Waals surface area contributed by atoms with Gasteiger partial charge in [0.1, 0.15) is 0 Å². The molecule has 28 heavy (non-hydrogen) atoms. The molecular formula is C21H14F3N3O. The number of halogens is 3. The highest BCUT2D eigenvalue weighted by Gasteiger charge is 2.35. The molecule has 3 aromatic carbocycles. The normalized spacial score (nSPS) is 11.7. The minimum absolute atomic E-state index is 0.263. The molecule has 0 aliphatic rings. The third-order valence-electron chi connectivity index (χ3n) is 4.44. The summed E-state index contributed by atoms with van der Waals surface area (Å²) in [7, 11) is 0. The SMILES string of the molecule is NC(=O)c1ccc(-n2nc(C(F)(F)F)cc2-c2ccc3ccccc3c2)cc1. The molecule has 0 unspecified atom stereocenters. The van der Waals surface area contributed by atoms with E-state index in [0.29, 0.717) is 16.9 Å². The Labute approximate surface area is 158 Å². The summed E-state index contributed by atoms with van der Waals surface area (Å²) in [5, 5.41) is 5.65. The largest absolute Gasteiger partial charge is 0.435 e. The first-order chi connectivity index (χ1) is 13.3. The Hall–Kier alpha value is -3.61. The van der Waals surface area contributed by atoms with E-state index in [9.17, 15) is 18.0 Å². The van der Waals surface area contributed by atoms with Crippen LogP contribution in [-0.2, 0) is 6.18 Å². The lowest BCUT2D eigenvalue weighted by atomic mass is 10.0. The van der Waals surface area contributed by atoms with Crippen LogP contribution >= 0.6 is 0 Å². The van der Waals surface area contributed by atoms with Crippen molar-refractivity contribution in [3.8, 4) is 16.9 Å². The van der Waals surface area contributed by atoms with E-state index >= 15 is 0 Å². The maximum Gasteiger partial charge on any atom is 0.435 e. The first-order valence-corrected chi connectivity index (χ1v) is 8.39. The molecule has 4 aromatic rings. The number of amides is 1. The lowest BCUT2D eigenvalue weighted by molar-refractivity contribution is -0.141. The average Bonchev–Trinajstić information content (AvgIpc) is 3.13. The predicted octanol–water partition coefficient (Wildman–Crippen LogP) is 4.81. The summed E-state index contributed by atoms with van der Waals surface area (Å²) < 4.78 is 41.1. The zero-order chi connectivity index (χ0) is 19.9. The number of carbonyl (C=O) groups excluding carboxylic acids is 1. The number of benzene rings is 3. The number of rotatable bonds is 3. The summed E-state index contributed by atoms with van der Waals surface area (Å²) in [6.07, 6.45) is -4.58. The minimum atomic E-state index is -4.58. The number of carbonyl (C=O) groups is 1. The minimum Gasteiger partial charge on any atom is -0.366 e. The van der Waals surface area contributed by atoms with Gasteiger partial charge in [0.2, 0.25) is 5.91 Å². The molecule has 0 aliphatic heterocycles. The van der Waals surface area contributed by atoms with Crippen LogP contribution in [0, 0.1) is 0 Å². The second-order valence-corrected chi connectivity index (χ2v) is 6.30. The first-order valence-electron chi connectivity index (χ1n) is 8.39. The van der Waals surface area contributed by atoms with E-state index < -0.39 is 17.8 Å². The lowest BCUT2D eigenvalue weighted by Gasteiger charge is -2.09. The summed E-state index contributed by atoms with van der Waals surface area (Å²) in [6.45, 7) is 0. The Morgan fingerprint density at radius 1 is 0.893 bits per heavy atom. The van der Waals surface area contributed by atoms with Crippen molar-refractivity contribution in [1.29, 1.82) is 0 Å². The second kappa shape index (κ2) is 6.53. The zero-order valence-corrected chi connectivity index (χ0v) is 14.4. The monoisotopic (exact) mass is 381 g/mol. The van der Waals surface area contributed by atoms with Gasteiger partial charge in [-0.3, -0.25) is 4.79 Å². The van der Waals surface area contributed by atoms with Crippen LogP contribution in [0.4, 0.5) is 13.2 Å². The molecule has 0 aliphatic carbocycles. The Morgan fingerprint density at radius 2 is 1.57 bits per heavy atom. The number of nitrogens with two attached hydrogens (primary N) is 1. The molecule has 0 spiro atoms. The molecular weight excluding hydrogens is 367 g/mol. The van der Waals surface area contributed by atoms with E-state index in [1.807, 2.05) is 36.4 Å². The van der Waals surface area contributed by atoms with Crippen LogP contribution in [0.5, 0.6) is 0 Å². The highest BCUT2D eigenvalue weighted by molar-refractivity contribution is 5.93. The van der Waals surface area contributed by atoms with E-state index in [-0.39, 0.29) is 5.56 Å². The molecule has 140 valence electrons. The molecule has 1 aromatic heterocycles. The number of aromatic nitrogens is 2. The van der Waals surface area contributed by atoms with Crippen molar-refractivity contribution in [2.24, 2.45) is 5.73 Å². The van der Waals surface area contributed by atoms with E-state index in [1.54, 1.807) is 6.07 Å². The van der Waals surface area contributed by atoms with Crippen LogP contribution in [0.25, 0.3) is 27.7 Å². The molecule has 0 atom stereocenters. The molecule has 0 radical (unpaired) electrons. The number of primary amides is 1. The van der Waals surface area contributed by atoms with Crippen LogP contribution in [0.15, 0.2) is 72.8 Å². The fraction of sp³-hybridized carbons (Fsp3) is 0.0476. The van der Waals surface area contributed by atoms with Gasteiger partial charge in [0.25, 0.3) is 0 Å². The van der Waals surface area contributed by atoms with E-state index in [0.717, 1.165) is 16.8 Å². The highest BCUT2D eigenvalue weighted by Crippen LogP contribution is 2.34. The van der Waals surface area contributed by atoms with Crippen LogP contribution in [0.2, 0.25) is 0 Å². The molecule has 0 saturated carbocycles. The third kappa shape index (κ3) is 3.22. The van der Waals surface area contributed by atoms with Crippen LogP contribution in [-0.4, -0.2) is 15.7 Å². The van der Waals surface area contributed by atoms with Gasteiger partial charge in [-0.15, -0.1) is 0 Å². The summed E-state index contributed by atoms with van der Waals surface area (Å²) in [6, 6.07) is 20.0. The maximum atomic E-state index is 13.3. The van der Waals surface area contributed by atoms with Crippen LogP contribution in [0.3, 0.4) is 0 Å². The van der Waals surface area contributed by atoms with Gasteiger partial charge in [-0.05, 0) is 47.2 Å². The highest BCUT2D eigenvalue weighted by atomic mass is 19.4. The molecule has 1 heterocycles. The molecule has 4 rings (SSSR count). The molecule has 1 amide bonds. The Bertz CT molecular complexity index is 1180. The van der Waals surface area contributed by atoms with Crippen molar-refractivity contribution in [2.75, 3.05) is 0 Å². The van der Waals surface area contributed by atoms with Gasteiger partial charge in [-0.2, -0.15) is 18.3 Å². The van der Waals surface area contributed by atoms with E-state index in [2.05, 4.69) is 5.10 Å². The molecule has 0 fully saturated rings. The quantitative estimate of drug-likeness (QED) is 0.554. The van der Waals surface area contributed by atoms with Gasteiger partial charge in [0, 0.05) is 11.1 Å². The third-order valence-corrected chi connectivity index (χ3v) is 4.44. The number of hydrogen-bond donors (Lipinski definition) is 1. The molecule has 7 heteroatoms. The summed E-state index contributed by atoms with van der Waals surface area (Å²) >= 11 is 0. The van der Waals surface area contributed by atoms with Gasteiger partial charge in [-0.1, -0.05) is 36.4 Å². The summed E-state index contributed by atoms with van der Waals surface area (Å²) in [5.41, 5.74) is 5.79. The van der Waals surface area contributed by atoms with Crippen molar-refractivity contribution in [3.63, 3.8) is 0 Å². The molecule has 4 nitrogen and oxygen atoms in total. The smallest absolute Gasteiger partial charge is 0.366 e. The number of alkyl halides is 3. The van der Waals surface area contributed by atoms with Gasteiger partial charge in [-0.25, -0.2) is 4.68 Å². The van der Waals surface area contributed by atoms with Crippen molar-refractivity contribution < 1.29 is 18.0 Å². The Balaban J connectivity index is 1.89. The zero-order valence-electron chi connectivity index (χ0n) is 14.4. The van der Waals surface area contributed by atoms with Crippen molar-refractivity contribution in [3.05, 3.63) is 84.1 Å². The molecule has 2 N–H and O–H groups in total. The first kappa shape index (κ1) is 17.8. The number of fused-ring (bicyclic) bond motifs is 1. The van der Waals surface area contributed by atoms with Crippen LogP contribution in [0.1, 0.15) is 16.1 Å². The Morgan fingerprint density at radius 3 is 2.21 bits per heavy atom. The van der Waals surface area contributed by atoms with Gasteiger partial charge in [0.15, 0.2) is 5.69 Å². The average molecular weight is 381 g/mol. The summed E-state index contributed by atoms with van der Waals surface area (Å²) in [5.74, 6) is -0.613. The summed E-state index contributed by atoms with van der Waals surface area (Å²) in [4.78, 5) is 11.2. The van der Waals surface area contributed by atoms with Crippen molar-refractivity contribution in [1.82, 2.24) is 9.78 Å². The van der Waals surface area contributed by atoms with Gasteiger partial charge < -0.3 is 5.73 Å². The number of hydrogen-bond acceptors (Lipinski definition) is 2. The lowest BCUT2D eigenvalue weighted by Crippen LogP contribution is -2.11. The topological polar surface area (TPSA) is 60.9 Å². The fourth-order valence-electron chi connectivity index (χ4n) is 3.04. The van der Waals surface area contributed by atoms with Gasteiger partial charge >= 0.3 is 6.18 Å². The van der Waals surface area contributed by atoms with Gasteiger partial charge in [0.05, 0.1) is 11.4 Å². The van der Waals surface area contributed by atoms with Crippen molar-refractivity contribution >= 4 is 16.7 Å². The van der Waals surface area contributed by atoms with E-state index in [4.69, 9.17) is 5.73 Å².